The zero-order valence-electron chi connectivity index (χ0n) is 12.0. The van der Waals surface area contributed by atoms with Crippen LogP contribution in [0, 0.1) is 6.92 Å². The smallest absolute Gasteiger partial charge is 0.0847 e. The number of pyridine rings is 1. The third-order valence-corrected chi connectivity index (χ3v) is 4.22. The molecule has 0 aliphatic rings. The molecule has 0 aliphatic carbocycles. The van der Waals surface area contributed by atoms with Crippen LogP contribution >= 0.6 is 11.6 Å². The Balaban J connectivity index is 1.99. The van der Waals surface area contributed by atoms with Gasteiger partial charge in [-0.15, -0.1) is 0 Å². The van der Waals surface area contributed by atoms with Gasteiger partial charge in [-0.2, -0.15) is 5.10 Å². The van der Waals surface area contributed by atoms with Gasteiger partial charge in [0.15, 0.2) is 0 Å². The molecule has 0 saturated carbocycles. The van der Waals surface area contributed by atoms with Gasteiger partial charge in [0.1, 0.15) is 0 Å². The van der Waals surface area contributed by atoms with E-state index >= 15 is 0 Å². The zero-order chi connectivity index (χ0) is 15.0. The summed E-state index contributed by atoms with van der Waals surface area (Å²) in [6, 6.07) is 9.90. The maximum absolute atomic E-state index is 6.38. The van der Waals surface area contributed by atoms with E-state index in [1.807, 2.05) is 38.2 Å². The summed E-state index contributed by atoms with van der Waals surface area (Å²) < 4.78 is 1.79. The van der Waals surface area contributed by atoms with E-state index in [9.17, 15) is 0 Å². The van der Waals surface area contributed by atoms with Crippen LogP contribution in [0.3, 0.4) is 0 Å². The van der Waals surface area contributed by atoms with Crippen LogP contribution < -0.4 is 5.73 Å². The fourth-order valence-corrected chi connectivity index (χ4v) is 2.88. The van der Waals surface area contributed by atoms with Crippen molar-refractivity contribution >= 4 is 22.4 Å². The zero-order valence-corrected chi connectivity index (χ0v) is 12.8. The Morgan fingerprint density at radius 3 is 2.76 bits per heavy atom. The largest absolute Gasteiger partial charge is 0.322 e. The predicted octanol–water partition coefficient (Wildman–Crippen LogP) is 3.17. The van der Waals surface area contributed by atoms with E-state index in [1.165, 1.54) is 0 Å². The minimum Gasteiger partial charge on any atom is -0.322 e. The number of aryl methyl sites for hydroxylation is 2. The number of halogens is 1. The summed E-state index contributed by atoms with van der Waals surface area (Å²) in [7, 11) is 1.89. The van der Waals surface area contributed by atoms with E-state index in [1.54, 1.807) is 10.9 Å². The third kappa shape index (κ3) is 2.52. The van der Waals surface area contributed by atoms with Crippen LogP contribution in [0.5, 0.6) is 0 Å². The molecule has 5 heteroatoms. The number of hydrogen-bond acceptors (Lipinski definition) is 3. The molecule has 4 nitrogen and oxygen atoms in total. The van der Waals surface area contributed by atoms with E-state index in [-0.39, 0.29) is 6.04 Å². The highest BCUT2D eigenvalue weighted by atomic mass is 35.5. The fraction of sp³-hybridized carbons (Fsp3) is 0.250. The topological polar surface area (TPSA) is 56.7 Å². The van der Waals surface area contributed by atoms with Gasteiger partial charge < -0.3 is 5.73 Å². The van der Waals surface area contributed by atoms with Crippen molar-refractivity contribution in [3.05, 3.63) is 58.6 Å². The Hall–Kier alpha value is -1.91. The van der Waals surface area contributed by atoms with Crippen molar-refractivity contribution in [3.8, 4) is 0 Å². The second kappa shape index (κ2) is 5.47. The van der Waals surface area contributed by atoms with Crippen molar-refractivity contribution in [1.29, 1.82) is 0 Å². The maximum Gasteiger partial charge on any atom is 0.0847 e. The minimum atomic E-state index is -0.219. The molecule has 0 spiro atoms. The SMILES string of the molecule is Cc1nn(C)c(CC(N)c2nccc3ccccc23)c1Cl. The molecular weight excluding hydrogens is 284 g/mol. The molecule has 0 amide bonds. The molecular formula is C16H17ClN4. The first-order valence-electron chi connectivity index (χ1n) is 6.85. The molecule has 1 atom stereocenters. The number of nitrogens with two attached hydrogens (primary N) is 1. The van der Waals surface area contributed by atoms with Gasteiger partial charge in [0.25, 0.3) is 0 Å². The van der Waals surface area contributed by atoms with Crippen LogP contribution in [0.1, 0.15) is 23.1 Å². The molecule has 2 N–H and O–H groups in total. The van der Waals surface area contributed by atoms with Gasteiger partial charge in [-0.1, -0.05) is 35.9 Å². The van der Waals surface area contributed by atoms with Gasteiger partial charge in [0.05, 0.1) is 28.1 Å². The molecule has 0 bridgehead atoms. The lowest BCUT2D eigenvalue weighted by atomic mass is 10.0. The molecule has 1 unspecified atom stereocenters. The third-order valence-electron chi connectivity index (χ3n) is 3.73. The van der Waals surface area contributed by atoms with Crippen molar-refractivity contribution in [1.82, 2.24) is 14.8 Å². The predicted molar refractivity (Wildman–Crippen MR) is 85.3 cm³/mol. The molecule has 2 heterocycles. The van der Waals surface area contributed by atoms with Gasteiger partial charge in [0.2, 0.25) is 0 Å². The molecule has 21 heavy (non-hydrogen) atoms. The molecule has 0 fully saturated rings. The number of benzene rings is 1. The maximum atomic E-state index is 6.38. The number of aromatic nitrogens is 3. The highest BCUT2D eigenvalue weighted by Crippen LogP contribution is 2.27. The van der Waals surface area contributed by atoms with E-state index in [4.69, 9.17) is 17.3 Å². The molecule has 0 radical (unpaired) electrons. The molecule has 0 saturated heterocycles. The molecule has 1 aromatic carbocycles. The van der Waals surface area contributed by atoms with Gasteiger partial charge in [0, 0.05) is 25.1 Å². The number of nitrogens with zero attached hydrogens (tertiary/aromatic N) is 3. The summed E-state index contributed by atoms with van der Waals surface area (Å²) in [4.78, 5) is 4.47. The average Bonchev–Trinajstić information content (AvgIpc) is 2.73. The van der Waals surface area contributed by atoms with Gasteiger partial charge in [-0.25, -0.2) is 0 Å². The van der Waals surface area contributed by atoms with Gasteiger partial charge >= 0.3 is 0 Å². The Morgan fingerprint density at radius 2 is 2.05 bits per heavy atom. The number of fused-ring (bicyclic) bond motifs is 1. The fourth-order valence-electron chi connectivity index (χ4n) is 2.65. The molecule has 0 aliphatic heterocycles. The summed E-state index contributed by atoms with van der Waals surface area (Å²) in [5.74, 6) is 0. The van der Waals surface area contributed by atoms with Crippen molar-refractivity contribution in [3.63, 3.8) is 0 Å². The number of hydrogen-bond donors (Lipinski definition) is 1. The quantitative estimate of drug-likeness (QED) is 0.808. The van der Waals surface area contributed by atoms with Crippen LogP contribution in [-0.4, -0.2) is 14.8 Å². The summed E-state index contributed by atoms with van der Waals surface area (Å²) in [6.07, 6.45) is 2.41. The van der Waals surface area contributed by atoms with Gasteiger partial charge in [-0.3, -0.25) is 9.67 Å². The van der Waals surface area contributed by atoms with E-state index < -0.39 is 0 Å². The first kappa shape index (κ1) is 14.0. The summed E-state index contributed by atoms with van der Waals surface area (Å²) in [5, 5.41) is 7.25. The molecule has 3 rings (SSSR count). The van der Waals surface area contributed by atoms with Crippen molar-refractivity contribution < 1.29 is 0 Å². The second-order valence-electron chi connectivity index (χ2n) is 5.20. The van der Waals surface area contributed by atoms with Crippen LogP contribution in [-0.2, 0) is 13.5 Å². The van der Waals surface area contributed by atoms with Crippen molar-refractivity contribution in [2.45, 2.75) is 19.4 Å². The van der Waals surface area contributed by atoms with Gasteiger partial charge in [-0.05, 0) is 18.4 Å². The lowest BCUT2D eigenvalue weighted by Gasteiger charge is -2.14. The molecule has 2 aromatic heterocycles. The second-order valence-corrected chi connectivity index (χ2v) is 5.58. The van der Waals surface area contributed by atoms with E-state index in [0.29, 0.717) is 11.4 Å². The Morgan fingerprint density at radius 1 is 1.29 bits per heavy atom. The van der Waals surface area contributed by atoms with E-state index in [2.05, 4.69) is 16.1 Å². The summed E-state index contributed by atoms with van der Waals surface area (Å²) in [6.45, 7) is 1.90. The monoisotopic (exact) mass is 300 g/mol. The standard InChI is InChI=1S/C16H17ClN4/c1-10-15(17)14(21(2)20-10)9-13(18)16-12-6-4-3-5-11(12)7-8-19-16/h3-8,13H,9,18H2,1-2H3. The lowest BCUT2D eigenvalue weighted by Crippen LogP contribution is -2.17. The number of rotatable bonds is 3. The minimum absolute atomic E-state index is 0.219. The van der Waals surface area contributed by atoms with Crippen LogP contribution in [0.4, 0.5) is 0 Å². The summed E-state index contributed by atoms with van der Waals surface area (Å²) >= 11 is 6.30. The Bertz CT molecular complexity index is 789. The highest BCUT2D eigenvalue weighted by Gasteiger charge is 2.18. The van der Waals surface area contributed by atoms with Crippen LogP contribution in [0.2, 0.25) is 5.02 Å². The first-order chi connectivity index (χ1) is 10.1. The van der Waals surface area contributed by atoms with Crippen molar-refractivity contribution in [2.75, 3.05) is 0 Å². The molecule has 108 valence electrons. The highest BCUT2D eigenvalue weighted by molar-refractivity contribution is 6.31. The summed E-state index contributed by atoms with van der Waals surface area (Å²) in [5.41, 5.74) is 9.04. The normalized spacial score (nSPS) is 12.8. The van der Waals surface area contributed by atoms with E-state index in [0.717, 1.165) is 27.9 Å². The Labute approximate surface area is 128 Å². The van der Waals surface area contributed by atoms with Crippen LogP contribution in [0.15, 0.2) is 36.5 Å². The Kier molecular flexibility index (Phi) is 3.66. The van der Waals surface area contributed by atoms with Crippen LogP contribution in [0.25, 0.3) is 10.8 Å². The first-order valence-corrected chi connectivity index (χ1v) is 7.23. The lowest BCUT2D eigenvalue weighted by molar-refractivity contribution is 0.632. The van der Waals surface area contributed by atoms with Crippen molar-refractivity contribution in [2.24, 2.45) is 12.8 Å². The average molecular weight is 301 g/mol. The molecule has 3 aromatic rings.